The molecule has 0 aliphatic carbocycles. The zero-order chi connectivity index (χ0) is 7.84. The van der Waals surface area contributed by atoms with E-state index in [1.807, 2.05) is 6.92 Å². The molecule has 2 aromatic rings. The molecule has 0 atom stereocenters. The Morgan fingerprint density at radius 2 is 2.27 bits per heavy atom. The Balaban J connectivity index is 2.82. The van der Waals surface area contributed by atoms with Gasteiger partial charge in [-0.05, 0) is 6.92 Å². The molecule has 0 saturated heterocycles. The highest BCUT2D eigenvalue weighted by Gasteiger charge is 1.97. The summed E-state index contributed by atoms with van der Waals surface area (Å²) in [6, 6.07) is 0. The highest BCUT2D eigenvalue weighted by Crippen LogP contribution is 2.02. The average Bonchev–Trinajstić information content (AvgIpc) is 2.27. The molecule has 0 unspecified atom stereocenters. The first-order chi connectivity index (χ1) is 5.25. The number of aromatic nitrogens is 3. The summed E-state index contributed by atoms with van der Waals surface area (Å²) in [5.41, 5.74) is 1.53. The summed E-state index contributed by atoms with van der Waals surface area (Å²) in [5, 5.41) is 0. The molecule has 0 aliphatic rings. The summed E-state index contributed by atoms with van der Waals surface area (Å²) in [6.45, 7) is 1.85. The molecule has 0 aromatic carbocycles. The number of rotatable bonds is 0. The van der Waals surface area contributed by atoms with Crippen molar-refractivity contribution in [2.45, 2.75) is 6.92 Å². The molecule has 0 spiro atoms. The van der Waals surface area contributed by atoms with E-state index in [0.717, 1.165) is 5.69 Å². The first kappa shape index (κ1) is 6.27. The Bertz CT molecular complexity index is 393. The normalized spacial score (nSPS) is 10.7. The standard InChI is InChI=1S/C7H6FN3/c1-5-3-11-4-6(8)9-2-7(11)10-5/h2-4H,1H3. The lowest BCUT2D eigenvalue weighted by atomic mass is 10.6. The first-order valence-electron chi connectivity index (χ1n) is 3.22. The van der Waals surface area contributed by atoms with Crippen LogP contribution >= 0.6 is 0 Å². The van der Waals surface area contributed by atoms with Gasteiger partial charge in [-0.25, -0.2) is 9.97 Å². The van der Waals surface area contributed by atoms with Gasteiger partial charge in [-0.1, -0.05) is 0 Å². The van der Waals surface area contributed by atoms with Crippen LogP contribution in [0.25, 0.3) is 5.65 Å². The van der Waals surface area contributed by atoms with E-state index in [1.165, 1.54) is 12.4 Å². The van der Waals surface area contributed by atoms with Crippen molar-refractivity contribution in [2.24, 2.45) is 0 Å². The molecule has 0 fully saturated rings. The Labute approximate surface area is 62.5 Å². The number of nitrogens with zero attached hydrogens (tertiary/aromatic N) is 3. The minimum atomic E-state index is -0.491. The van der Waals surface area contributed by atoms with Crippen molar-refractivity contribution in [2.75, 3.05) is 0 Å². The fraction of sp³-hybridized carbons (Fsp3) is 0.143. The summed E-state index contributed by atoms with van der Waals surface area (Å²) in [7, 11) is 0. The van der Waals surface area contributed by atoms with Crippen molar-refractivity contribution in [3.05, 3.63) is 30.2 Å². The molecule has 4 heteroatoms. The second-order valence-electron chi connectivity index (χ2n) is 2.36. The molecule has 0 bridgehead atoms. The van der Waals surface area contributed by atoms with Crippen LogP contribution in [-0.4, -0.2) is 14.4 Å². The minimum Gasteiger partial charge on any atom is -0.301 e. The van der Waals surface area contributed by atoms with Gasteiger partial charge in [0.1, 0.15) is 0 Å². The van der Waals surface area contributed by atoms with Crippen LogP contribution in [-0.2, 0) is 0 Å². The van der Waals surface area contributed by atoms with E-state index in [-0.39, 0.29) is 0 Å². The molecular weight excluding hydrogens is 145 g/mol. The third-order valence-corrected chi connectivity index (χ3v) is 1.43. The van der Waals surface area contributed by atoms with Gasteiger partial charge in [-0.3, -0.25) is 0 Å². The van der Waals surface area contributed by atoms with Crippen LogP contribution in [0.4, 0.5) is 4.39 Å². The Hall–Kier alpha value is -1.45. The number of fused-ring (bicyclic) bond motifs is 1. The minimum absolute atomic E-state index is 0.491. The number of aryl methyl sites for hydroxylation is 1. The van der Waals surface area contributed by atoms with Crippen LogP contribution in [0.15, 0.2) is 18.6 Å². The van der Waals surface area contributed by atoms with E-state index in [2.05, 4.69) is 9.97 Å². The van der Waals surface area contributed by atoms with Crippen molar-refractivity contribution in [1.82, 2.24) is 14.4 Å². The number of hydrogen-bond acceptors (Lipinski definition) is 2. The van der Waals surface area contributed by atoms with Gasteiger partial charge in [0.05, 0.1) is 18.1 Å². The van der Waals surface area contributed by atoms with Crippen molar-refractivity contribution >= 4 is 5.65 Å². The van der Waals surface area contributed by atoms with Gasteiger partial charge < -0.3 is 4.40 Å². The summed E-state index contributed by atoms with van der Waals surface area (Å²) in [4.78, 5) is 7.56. The van der Waals surface area contributed by atoms with Crippen molar-refractivity contribution < 1.29 is 4.39 Å². The molecular formula is C7H6FN3. The first-order valence-corrected chi connectivity index (χ1v) is 3.22. The van der Waals surface area contributed by atoms with Gasteiger partial charge in [0, 0.05) is 6.20 Å². The molecule has 2 aromatic heterocycles. The average molecular weight is 151 g/mol. The number of hydrogen-bond donors (Lipinski definition) is 0. The highest BCUT2D eigenvalue weighted by molar-refractivity contribution is 5.36. The van der Waals surface area contributed by atoms with Crippen LogP contribution < -0.4 is 0 Å². The SMILES string of the molecule is Cc1cn2cc(F)ncc2n1. The van der Waals surface area contributed by atoms with Gasteiger partial charge in [0.15, 0.2) is 5.65 Å². The second kappa shape index (κ2) is 2.02. The summed E-state index contributed by atoms with van der Waals surface area (Å²) >= 11 is 0. The van der Waals surface area contributed by atoms with E-state index < -0.39 is 5.95 Å². The van der Waals surface area contributed by atoms with Crippen molar-refractivity contribution in [3.8, 4) is 0 Å². The molecule has 0 amide bonds. The largest absolute Gasteiger partial charge is 0.301 e. The van der Waals surface area contributed by atoms with E-state index in [9.17, 15) is 4.39 Å². The van der Waals surface area contributed by atoms with Gasteiger partial charge in [-0.15, -0.1) is 0 Å². The molecule has 0 N–H and O–H groups in total. The lowest BCUT2D eigenvalue weighted by molar-refractivity contribution is 0.575. The number of halogens is 1. The quantitative estimate of drug-likeness (QED) is 0.565. The van der Waals surface area contributed by atoms with Gasteiger partial charge in [-0.2, -0.15) is 4.39 Å². The van der Waals surface area contributed by atoms with Gasteiger partial charge in [0.2, 0.25) is 5.95 Å². The van der Waals surface area contributed by atoms with Crippen LogP contribution in [0, 0.1) is 12.9 Å². The molecule has 3 nitrogen and oxygen atoms in total. The fourth-order valence-electron chi connectivity index (χ4n) is 1.00. The van der Waals surface area contributed by atoms with Gasteiger partial charge in [0.25, 0.3) is 0 Å². The topological polar surface area (TPSA) is 30.2 Å². The summed E-state index contributed by atoms with van der Waals surface area (Å²) in [6.07, 6.45) is 4.46. The predicted octanol–water partition coefficient (Wildman–Crippen LogP) is 1.18. The molecule has 56 valence electrons. The zero-order valence-corrected chi connectivity index (χ0v) is 5.95. The molecule has 0 radical (unpaired) electrons. The third-order valence-electron chi connectivity index (χ3n) is 1.43. The Kier molecular flexibility index (Phi) is 1.15. The zero-order valence-electron chi connectivity index (χ0n) is 5.95. The Morgan fingerprint density at radius 1 is 1.45 bits per heavy atom. The molecule has 0 saturated carbocycles. The predicted molar refractivity (Wildman–Crippen MR) is 37.7 cm³/mol. The summed E-state index contributed by atoms with van der Waals surface area (Å²) < 4.78 is 14.1. The monoisotopic (exact) mass is 151 g/mol. The van der Waals surface area contributed by atoms with Crippen LogP contribution in [0.5, 0.6) is 0 Å². The van der Waals surface area contributed by atoms with Crippen LogP contribution in [0.3, 0.4) is 0 Å². The molecule has 0 aliphatic heterocycles. The maximum Gasteiger partial charge on any atom is 0.229 e. The second-order valence-corrected chi connectivity index (χ2v) is 2.36. The van der Waals surface area contributed by atoms with Crippen molar-refractivity contribution in [1.29, 1.82) is 0 Å². The number of imidazole rings is 1. The smallest absolute Gasteiger partial charge is 0.229 e. The van der Waals surface area contributed by atoms with E-state index >= 15 is 0 Å². The maximum absolute atomic E-state index is 12.5. The molecule has 11 heavy (non-hydrogen) atoms. The van der Waals surface area contributed by atoms with Crippen molar-refractivity contribution in [3.63, 3.8) is 0 Å². The van der Waals surface area contributed by atoms with E-state index in [1.54, 1.807) is 10.6 Å². The molecule has 2 rings (SSSR count). The van der Waals surface area contributed by atoms with Crippen LogP contribution in [0.2, 0.25) is 0 Å². The lowest BCUT2D eigenvalue weighted by Crippen LogP contribution is -1.88. The van der Waals surface area contributed by atoms with E-state index in [4.69, 9.17) is 0 Å². The Morgan fingerprint density at radius 3 is 3.09 bits per heavy atom. The van der Waals surface area contributed by atoms with E-state index in [0.29, 0.717) is 5.65 Å². The summed E-state index contributed by atoms with van der Waals surface area (Å²) in [5.74, 6) is -0.491. The van der Waals surface area contributed by atoms with Gasteiger partial charge >= 0.3 is 0 Å². The molecule has 2 heterocycles. The van der Waals surface area contributed by atoms with Crippen LogP contribution in [0.1, 0.15) is 5.69 Å². The highest BCUT2D eigenvalue weighted by atomic mass is 19.1. The fourth-order valence-corrected chi connectivity index (χ4v) is 1.00. The maximum atomic E-state index is 12.5. The lowest BCUT2D eigenvalue weighted by Gasteiger charge is -1.89. The third kappa shape index (κ3) is 0.960.